The second-order valence-corrected chi connectivity index (χ2v) is 6.38. The van der Waals surface area contributed by atoms with E-state index in [1.165, 1.54) is 12.7 Å². The van der Waals surface area contributed by atoms with Gasteiger partial charge >= 0.3 is 12.0 Å². The topological polar surface area (TPSA) is 49.9 Å². The molecule has 2 amide bonds. The molecule has 25 heavy (non-hydrogen) atoms. The van der Waals surface area contributed by atoms with E-state index in [4.69, 9.17) is 4.74 Å². The van der Waals surface area contributed by atoms with Crippen molar-refractivity contribution in [1.29, 1.82) is 0 Å². The molecule has 130 valence electrons. The maximum Gasteiger partial charge on any atom is 0.337 e. The molecule has 1 saturated heterocycles. The zero-order chi connectivity index (χ0) is 18.0. The summed E-state index contributed by atoms with van der Waals surface area (Å²) in [6.07, 6.45) is 0. The summed E-state index contributed by atoms with van der Waals surface area (Å²) in [5.74, 6) is 0.000447. The summed E-state index contributed by atoms with van der Waals surface area (Å²) in [5, 5.41) is 0. The van der Waals surface area contributed by atoms with Crippen LogP contribution in [-0.4, -0.2) is 32.2 Å². The van der Waals surface area contributed by atoms with Gasteiger partial charge in [-0.3, -0.25) is 9.80 Å². The number of hydrogen-bond acceptors (Lipinski definition) is 3. The average Bonchev–Trinajstić information content (AvgIpc) is 3.02. The summed E-state index contributed by atoms with van der Waals surface area (Å²) in [6.45, 7) is 5.46. The van der Waals surface area contributed by atoms with Crippen molar-refractivity contribution in [2.24, 2.45) is 0 Å². The molecule has 2 aromatic carbocycles. The van der Waals surface area contributed by atoms with Gasteiger partial charge in [-0.25, -0.2) is 9.59 Å². The molecule has 1 heterocycles. The molecule has 1 aliphatic heterocycles. The molecule has 1 fully saturated rings. The minimum Gasteiger partial charge on any atom is -0.465 e. The molecule has 5 nitrogen and oxygen atoms in total. The van der Waals surface area contributed by atoms with Crippen molar-refractivity contribution in [3.8, 4) is 0 Å². The van der Waals surface area contributed by atoms with Gasteiger partial charge in [-0.05, 0) is 41.8 Å². The van der Waals surface area contributed by atoms with Gasteiger partial charge in [0.05, 0.1) is 12.7 Å². The molecule has 0 aliphatic carbocycles. The van der Waals surface area contributed by atoms with Crippen LogP contribution in [0.3, 0.4) is 0 Å². The van der Waals surface area contributed by atoms with Crippen LogP contribution < -0.4 is 9.80 Å². The Morgan fingerprint density at radius 1 is 1.00 bits per heavy atom. The van der Waals surface area contributed by atoms with Crippen LogP contribution in [0.1, 0.15) is 35.7 Å². The maximum absolute atomic E-state index is 12.9. The van der Waals surface area contributed by atoms with Gasteiger partial charge in [0.15, 0.2) is 0 Å². The number of benzene rings is 2. The predicted molar refractivity (Wildman–Crippen MR) is 98.4 cm³/mol. The minimum atomic E-state index is -0.407. The monoisotopic (exact) mass is 338 g/mol. The van der Waals surface area contributed by atoms with E-state index < -0.39 is 5.97 Å². The Bertz CT molecular complexity index is 801. The molecule has 3 rings (SSSR count). The van der Waals surface area contributed by atoms with Gasteiger partial charge in [0.25, 0.3) is 0 Å². The summed E-state index contributed by atoms with van der Waals surface area (Å²) in [6, 6.07) is 15.0. The van der Waals surface area contributed by atoms with E-state index in [1.807, 2.05) is 18.2 Å². The smallest absolute Gasteiger partial charge is 0.337 e. The maximum atomic E-state index is 12.9. The molecular weight excluding hydrogens is 316 g/mol. The highest BCUT2D eigenvalue weighted by Crippen LogP contribution is 2.28. The molecule has 0 bridgehead atoms. The van der Waals surface area contributed by atoms with Gasteiger partial charge in [-0.15, -0.1) is 0 Å². The summed E-state index contributed by atoms with van der Waals surface area (Å²) in [4.78, 5) is 28.1. The molecule has 0 N–H and O–H groups in total. The van der Waals surface area contributed by atoms with E-state index in [1.54, 1.807) is 28.0 Å². The molecule has 0 atom stereocenters. The number of rotatable bonds is 4. The molecule has 0 unspecified atom stereocenters. The van der Waals surface area contributed by atoms with Crippen LogP contribution in [0.4, 0.5) is 16.2 Å². The van der Waals surface area contributed by atoms with E-state index in [9.17, 15) is 9.59 Å². The number of urea groups is 1. The van der Waals surface area contributed by atoms with Crippen LogP contribution in [0.5, 0.6) is 0 Å². The molecule has 0 radical (unpaired) electrons. The van der Waals surface area contributed by atoms with E-state index in [-0.39, 0.29) is 6.03 Å². The highest BCUT2D eigenvalue weighted by molar-refractivity contribution is 6.06. The van der Waals surface area contributed by atoms with Crippen LogP contribution in [0.25, 0.3) is 0 Å². The lowest BCUT2D eigenvalue weighted by atomic mass is 10.0. The van der Waals surface area contributed by atoms with Crippen LogP contribution in [0.15, 0.2) is 48.5 Å². The van der Waals surface area contributed by atoms with Crippen molar-refractivity contribution < 1.29 is 14.3 Å². The average molecular weight is 338 g/mol. The number of esters is 1. The zero-order valence-electron chi connectivity index (χ0n) is 14.7. The van der Waals surface area contributed by atoms with E-state index in [2.05, 4.69) is 26.0 Å². The second kappa shape index (κ2) is 6.97. The molecule has 0 aromatic heterocycles. The van der Waals surface area contributed by atoms with Crippen molar-refractivity contribution in [2.75, 3.05) is 30.0 Å². The molecule has 1 aliphatic rings. The molecule has 2 aromatic rings. The summed E-state index contributed by atoms with van der Waals surface area (Å²) in [5.41, 5.74) is 3.25. The Labute approximate surface area is 147 Å². The first-order chi connectivity index (χ1) is 12.0. The largest absolute Gasteiger partial charge is 0.465 e. The van der Waals surface area contributed by atoms with E-state index in [0.29, 0.717) is 30.3 Å². The molecular formula is C20H22N2O3. The van der Waals surface area contributed by atoms with Crippen LogP contribution in [0.2, 0.25) is 0 Å². The molecule has 0 spiro atoms. The Morgan fingerprint density at radius 3 is 2.20 bits per heavy atom. The lowest BCUT2D eigenvalue weighted by Gasteiger charge is -2.20. The minimum absolute atomic E-state index is 0.0806. The van der Waals surface area contributed by atoms with Crippen molar-refractivity contribution in [3.05, 3.63) is 59.7 Å². The first kappa shape index (κ1) is 17.0. The van der Waals surface area contributed by atoms with Gasteiger partial charge in [0, 0.05) is 24.5 Å². The van der Waals surface area contributed by atoms with Gasteiger partial charge < -0.3 is 4.74 Å². The highest BCUT2D eigenvalue weighted by atomic mass is 16.5. The van der Waals surface area contributed by atoms with Gasteiger partial charge in [0.1, 0.15) is 0 Å². The number of methoxy groups -OCH3 is 1. The van der Waals surface area contributed by atoms with Crippen molar-refractivity contribution in [1.82, 2.24) is 0 Å². The Hall–Kier alpha value is -2.82. The second-order valence-electron chi connectivity index (χ2n) is 6.38. The van der Waals surface area contributed by atoms with Gasteiger partial charge in [-0.2, -0.15) is 0 Å². The van der Waals surface area contributed by atoms with E-state index in [0.717, 1.165) is 5.69 Å². The summed E-state index contributed by atoms with van der Waals surface area (Å²) < 4.78 is 4.75. The van der Waals surface area contributed by atoms with Crippen molar-refractivity contribution in [2.45, 2.75) is 19.8 Å². The fraction of sp³-hybridized carbons (Fsp3) is 0.300. The Kier molecular flexibility index (Phi) is 4.74. The van der Waals surface area contributed by atoms with Gasteiger partial charge in [0.2, 0.25) is 0 Å². The number of hydrogen-bond donors (Lipinski definition) is 0. The van der Waals surface area contributed by atoms with E-state index >= 15 is 0 Å². The number of ether oxygens (including phenoxy) is 1. The standard InChI is InChI=1S/C20H22N2O3/c1-14(2)15-6-4-8-17(12-15)21-10-11-22(20(21)24)18-9-5-7-16(13-18)19(23)25-3/h4-9,12-14H,10-11H2,1-3H3. The molecule has 0 saturated carbocycles. The van der Waals surface area contributed by atoms with Crippen LogP contribution in [-0.2, 0) is 4.74 Å². The number of anilines is 2. The number of carbonyl (C=O) groups excluding carboxylic acids is 2. The first-order valence-corrected chi connectivity index (χ1v) is 8.38. The number of carbonyl (C=O) groups is 2. The lowest BCUT2D eigenvalue weighted by molar-refractivity contribution is 0.0600. The fourth-order valence-corrected chi connectivity index (χ4v) is 2.99. The normalized spacial score (nSPS) is 14.3. The summed E-state index contributed by atoms with van der Waals surface area (Å²) >= 11 is 0. The number of nitrogens with zero attached hydrogens (tertiary/aromatic N) is 2. The summed E-state index contributed by atoms with van der Waals surface area (Å²) in [7, 11) is 1.35. The zero-order valence-corrected chi connectivity index (χ0v) is 14.7. The lowest BCUT2D eigenvalue weighted by Crippen LogP contribution is -2.31. The molecule has 5 heteroatoms. The first-order valence-electron chi connectivity index (χ1n) is 8.38. The van der Waals surface area contributed by atoms with Crippen molar-refractivity contribution in [3.63, 3.8) is 0 Å². The fourth-order valence-electron chi connectivity index (χ4n) is 2.99. The third-order valence-corrected chi connectivity index (χ3v) is 4.44. The third kappa shape index (κ3) is 3.36. The Balaban J connectivity index is 1.85. The third-order valence-electron chi connectivity index (χ3n) is 4.44. The highest BCUT2D eigenvalue weighted by Gasteiger charge is 2.31. The van der Waals surface area contributed by atoms with Crippen LogP contribution >= 0.6 is 0 Å². The number of amides is 2. The predicted octanol–water partition coefficient (Wildman–Crippen LogP) is 4.04. The van der Waals surface area contributed by atoms with Gasteiger partial charge in [-0.1, -0.05) is 32.0 Å². The van der Waals surface area contributed by atoms with Crippen molar-refractivity contribution >= 4 is 23.4 Å². The quantitative estimate of drug-likeness (QED) is 0.791. The van der Waals surface area contributed by atoms with Crippen LogP contribution in [0, 0.1) is 0 Å². The Morgan fingerprint density at radius 2 is 1.60 bits per heavy atom. The SMILES string of the molecule is COC(=O)c1cccc(N2CCN(c3cccc(C(C)C)c3)C2=O)c1.